The summed E-state index contributed by atoms with van der Waals surface area (Å²) in [5.41, 5.74) is 0.527. The first-order valence-electron chi connectivity index (χ1n) is 16.7. The van der Waals surface area contributed by atoms with Crippen molar-refractivity contribution in [2.75, 3.05) is 6.61 Å². The van der Waals surface area contributed by atoms with Gasteiger partial charge in [0.15, 0.2) is 11.6 Å². The highest BCUT2D eigenvalue weighted by Crippen LogP contribution is 2.43. The number of aryl methyl sites for hydroxylation is 1. The Morgan fingerprint density at radius 2 is 1.08 bits per heavy atom. The van der Waals surface area contributed by atoms with Crippen molar-refractivity contribution >= 4 is 0 Å². The van der Waals surface area contributed by atoms with Crippen LogP contribution in [0, 0.1) is 47.1 Å². The molecule has 3 fully saturated rings. The first kappa shape index (κ1) is 29.9. The molecule has 0 N–H and O–H groups in total. The maximum atomic E-state index is 14.9. The van der Waals surface area contributed by atoms with Crippen LogP contribution in [0.15, 0.2) is 12.1 Å². The van der Waals surface area contributed by atoms with E-state index < -0.39 is 11.6 Å². The summed E-state index contributed by atoms with van der Waals surface area (Å²) in [4.78, 5) is 0. The van der Waals surface area contributed by atoms with Gasteiger partial charge in [-0.25, -0.2) is 4.39 Å². The fraction of sp³-hybridized carbons (Fsp3) is 0.829. The van der Waals surface area contributed by atoms with Gasteiger partial charge < -0.3 is 4.74 Å². The van der Waals surface area contributed by atoms with E-state index in [1.165, 1.54) is 103 Å². The first-order chi connectivity index (χ1) is 18.6. The number of unbranched alkanes of at least 4 members (excludes halogenated alkanes) is 2. The Morgan fingerprint density at radius 1 is 0.605 bits per heavy atom. The van der Waals surface area contributed by atoms with Gasteiger partial charge in [-0.2, -0.15) is 4.39 Å². The minimum atomic E-state index is -0.780. The zero-order valence-electron chi connectivity index (χ0n) is 24.6. The summed E-state index contributed by atoms with van der Waals surface area (Å²) in [6, 6.07) is 3.45. The highest BCUT2D eigenvalue weighted by atomic mass is 19.2. The predicted molar refractivity (Wildman–Crippen MR) is 156 cm³/mol. The van der Waals surface area contributed by atoms with E-state index in [0.29, 0.717) is 30.4 Å². The zero-order valence-corrected chi connectivity index (χ0v) is 24.6. The van der Waals surface area contributed by atoms with Crippen molar-refractivity contribution in [1.82, 2.24) is 0 Å². The molecule has 0 bridgehead atoms. The molecule has 1 nitrogen and oxygen atoms in total. The minimum Gasteiger partial charge on any atom is -0.490 e. The van der Waals surface area contributed by atoms with Crippen molar-refractivity contribution in [2.45, 2.75) is 142 Å². The summed E-state index contributed by atoms with van der Waals surface area (Å²) in [6.07, 6.45) is 25.6. The van der Waals surface area contributed by atoms with Gasteiger partial charge in [-0.05, 0) is 98.5 Å². The van der Waals surface area contributed by atoms with Crippen molar-refractivity contribution in [2.24, 2.45) is 35.5 Å². The molecule has 3 aliphatic rings. The molecule has 1 aromatic carbocycles. The molecule has 0 aromatic heterocycles. The predicted octanol–water partition coefficient (Wildman–Crippen LogP) is 11.1. The summed E-state index contributed by atoms with van der Waals surface area (Å²) in [6.45, 7) is 5.07. The third kappa shape index (κ3) is 8.69. The Kier molecular flexibility index (Phi) is 12.3. The van der Waals surface area contributed by atoms with Crippen LogP contribution in [0.5, 0.6) is 5.75 Å². The largest absolute Gasteiger partial charge is 0.490 e. The molecule has 216 valence electrons. The van der Waals surface area contributed by atoms with Crippen LogP contribution in [0.1, 0.15) is 141 Å². The number of ether oxygens (including phenoxy) is 1. The molecule has 0 heterocycles. The molecule has 3 aliphatic carbocycles. The van der Waals surface area contributed by atoms with Crippen LogP contribution in [-0.4, -0.2) is 6.61 Å². The fourth-order valence-corrected chi connectivity index (χ4v) is 8.01. The van der Waals surface area contributed by atoms with Crippen LogP contribution in [0.25, 0.3) is 0 Å². The number of hydrogen-bond donors (Lipinski definition) is 0. The van der Waals surface area contributed by atoms with E-state index in [-0.39, 0.29) is 5.75 Å². The smallest absolute Gasteiger partial charge is 0.200 e. The molecule has 1 aromatic rings. The number of hydrogen-bond acceptors (Lipinski definition) is 1. The fourth-order valence-electron chi connectivity index (χ4n) is 8.01. The van der Waals surface area contributed by atoms with Crippen molar-refractivity contribution in [1.29, 1.82) is 0 Å². The SMILES string of the molecule is CCCC[C@H]1CC[C@H](COc2ccc(CC[C@H]3CC[C@H]([C@H]4CC[C@H](CCCC)CC4)CC3)c(F)c2F)CC1. The van der Waals surface area contributed by atoms with Gasteiger partial charge in [0.05, 0.1) is 6.61 Å². The topological polar surface area (TPSA) is 9.23 Å². The highest BCUT2D eigenvalue weighted by molar-refractivity contribution is 5.31. The van der Waals surface area contributed by atoms with Gasteiger partial charge in [0.25, 0.3) is 0 Å². The van der Waals surface area contributed by atoms with Gasteiger partial charge >= 0.3 is 0 Å². The lowest BCUT2D eigenvalue weighted by Gasteiger charge is -2.38. The van der Waals surface area contributed by atoms with Crippen molar-refractivity contribution in [3.63, 3.8) is 0 Å². The van der Waals surface area contributed by atoms with Gasteiger partial charge in [-0.15, -0.1) is 0 Å². The van der Waals surface area contributed by atoms with Gasteiger partial charge in [0, 0.05) is 0 Å². The maximum Gasteiger partial charge on any atom is 0.200 e. The van der Waals surface area contributed by atoms with E-state index in [1.807, 2.05) is 0 Å². The Balaban J connectivity index is 1.15. The molecule has 0 atom stereocenters. The van der Waals surface area contributed by atoms with E-state index >= 15 is 0 Å². The maximum absolute atomic E-state index is 14.9. The lowest BCUT2D eigenvalue weighted by molar-refractivity contribution is 0.140. The molecule has 38 heavy (non-hydrogen) atoms. The van der Waals surface area contributed by atoms with Crippen LogP contribution in [0.3, 0.4) is 0 Å². The lowest BCUT2D eigenvalue weighted by Crippen LogP contribution is -2.26. The van der Waals surface area contributed by atoms with Gasteiger partial charge in [0.2, 0.25) is 5.82 Å². The minimum absolute atomic E-state index is 0.101. The van der Waals surface area contributed by atoms with Crippen LogP contribution < -0.4 is 4.74 Å². The normalized spacial score (nSPS) is 30.3. The molecular weight excluding hydrogens is 474 g/mol. The number of rotatable bonds is 13. The van der Waals surface area contributed by atoms with Crippen molar-refractivity contribution < 1.29 is 13.5 Å². The summed E-state index contributed by atoms with van der Waals surface area (Å²) in [5.74, 6) is 3.48. The monoisotopic (exact) mass is 530 g/mol. The average Bonchev–Trinajstić information content (AvgIpc) is 2.96. The van der Waals surface area contributed by atoms with E-state index in [9.17, 15) is 8.78 Å². The quantitative estimate of drug-likeness (QED) is 0.246. The summed E-state index contributed by atoms with van der Waals surface area (Å²) in [7, 11) is 0. The molecule has 0 amide bonds. The molecule has 0 aliphatic heterocycles. The second kappa shape index (κ2) is 15.6. The van der Waals surface area contributed by atoms with Gasteiger partial charge in [-0.3, -0.25) is 0 Å². The summed E-state index contributed by atoms with van der Waals surface area (Å²) < 4.78 is 35.6. The lowest BCUT2D eigenvalue weighted by atomic mass is 9.68. The van der Waals surface area contributed by atoms with Crippen LogP contribution in [-0.2, 0) is 6.42 Å². The molecular formula is C35H56F2O. The van der Waals surface area contributed by atoms with Crippen LogP contribution >= 0.6 is 0 Å². The third-order valence-electron chi connectivity index (χ3n) is 10.8. The highest BCUT2D eigenvalue weighted by Gasteiger charge is 2.31. The molecule has 4 rings (SSSR count). The number of benzene rings is 1. The molecule has 3 saturated carbocycles. The van der Waals surface area contributed by atoms with Gasteiger partial charge in [0.1, 0.15) is 0 Å². The standard InChI is InChI=1S/C35H56F2O/c1-3-5-7-26-9-11-29(12-10-26)25-38-33-24-23-32(34(36)35(33)37)22-17-28-15-20-31(21-16-28)30-18-13-27(14-19-30)8-6-4-2/h23-24,26-31H,3-22,25H2,1-2H3/t26-,27-,28-,29-,30-,31-. The first-order valence-corrected chi connectivity index (χ1v) is 16.7. The zero-order chi connectivity index (χ0) is 26.7. The molecule has 0 radical (unpaired) electrons. The van der Waals surface area contributed by atoms with E-state index in [1.54, 1.807) is 12.1 Å². The van der Waals surface area contributed by atoms with E-state index in [2.05, 4.69) is 13.8 Å². The third-order valence-corrected chi connectivity index (χ3v) is 10.8. The molecule has 0 saturated heterocycles. The van der Waals surface area contributed by atoms with E-state index in [4.69, 9.17) is 4.74 Å². The second-order valence-corrected chi connectivity index (χ2v) is 13.4. The molecule has 0 spiro atoms. The Labute approximate surface area is 232 Å². The van der Waals surface area contributed by atoms with Crippen LogP contribution in [0.2, 0.25) is 0 Å². The Hall–Kier alpha value is -1.12. The van der Waals surface area contributed by atoms with Gasteiger partial charge in [-0.1, -0.05) is 97.0 Å². The average molecular weight is 531 g/mol. The van der Waals surface area contributed by atoms with E-state index in [0.717, 1.165) is 42.9 Å². The summed E-state index contributed by atoms with van der Waals surface area (Å²) >= 11 is 0. The molecule has 0 unspecified atom stereocenters. The Morgan fingerprint density at radius 3 is 1.61 bits per heavy atom. The summed E-state index contributed by atoms with van der Waals surface area (Å²) in [5, 5.41) is 0. The van der Waals surface area contributed by atoms with Crippen molar-refractivity contribution in [3.05, 3.63) is 29.3 Å². The van der Waals surface area contributed by atoms with Crippen molar-refractivity contribution in [3.8, 4) is 5.75 Å². The number of halogens is 2. The second-order valence-electron chi connectivity index (χ2n) is 13.4. The molecule has 3 heteroatoms. The Bertz CT molecular complexity index is 798. The van der Waals surface area contributed by atoms with Crippen LogP contribution in [0.4, 0.5) is 8.78 Å².